The first-order valence-electron chi connectivity index (χ1n) is 7.56. The lowest BCUT2D eigenvalue weighted by atomic mass is 10.1. The minimum Gasteiger partial charge on any atom is -0.462 e. The second kappa shape index (κ2) is 7.76. The van der Waals surface area contributed by atoms with Gasteiger partial charge < -0.3 is 9.47 Å². The molecule has 0 radical (unpaired) electrons. The third-order valence-corrected chi connectivity index (χ3v) is 2.90. The molecule has 1 amide bonds. The Balaban J connectivity index is 3.27. The molecular weight excluding hydrogens is 316 g/mol. The number of esters is 1. The molecule has 1 aromatic carbocycles. The molecule has 0 N–H and O–H groups in total. The number of carbonyl (C=O) groups is 2. The number of hydrogen-bond acceptors (Lipinski definition) is 6. The van der Waals surface area contributed by atoms with Gasteiger partial charge in [0.25, 0.3) is 5.69 Å². The topological polar surface area (TPSA) is 99.0 Å². The Morgan fingerprint density at radius 1 is 1.25 bits per heavy atom. The lowest BCUT2D eigenvalue weighted by Gasteiger charge is -2.26. The van der Waals surface area contributed by atoms with Gasteiger partial charge in [-0.1, -0.05) is 0 Å². The summed E-state index contributed by atoms with van der Waals surface area (Å²) in [6.07, 6.45) is -0.697. The number of nitrogens with zero attached hydrogens (tertiary/aromatic N) is 2. The van der Waals surface area contributed by atoms with Crippen LogP contribution in [0.25, 0.3) is 0 Å². The molecule has 0 unspecified atom stereocenters. The normalized spacial score (nSPS) is 10.9. The SMILES string of the molecule is CCOC(=O)c1ccc(N(CC)C(=O)OC(C)(C)C)c([N+](=O)[O-])c1. The van der Waals surface area contributed by atoms with Crippen molar-refractivity contribution in [1.29, 1.82) is 0 Å². The van der Waals surface area contributed by atoms with E-state index in [1.165, 1.54) is 12.1 Å². The molecule has 0 bridgehead atoms. The Kier molecular flexibility index (Phi) is 6.27. The number of rotatable bonds is 5. The number of hydrogen-bond donors (Lipinski definition) is 0. The fraction of sp³-hybridized carbons (Fsp3) is 0.500. The van der Waals surface area contributed by atoms with Gasteiger partial charge in [0.05, 0.1) is 17.1 Å². The van der Waals surface area contributed by atoms with E-state index in [0.29, 0.717) is 0 Å². The highest BCUT2D eigenvalue weighted by Crippen LogP contribution is 2.30. The van der Waals surface area contributed by atoms with Crippen LogP contribution >= 0.6 is 0 Å². The van der Waals surface area contributed by atoms with Gasteiger partial charge in [0.2, 0.25) is 0 Å². The molecule has 0 aliphatic heterocycles. The van der Waals surface area contributed by atoms with Crippen molar-refractivity contribution in [2.45, 2.75) is 40.2 Å². The van der Waals surface area contributed by atoms with Crippen LogP contribution < -0.4 is 4.90 Å². The van der Waals surface area contributed by atoms with Crippen LogP contribution in [0.5, 0.6) is 0 Å². The summed E-state index contributed by atoms with van der Waals surface area (Å²) in [5.74, 6) is -0.660. The average Bonchev–Trinajstić information content (AvgIpc) is 2.46. The molecule has 132 valence electrons. The van der Waals surface area contributed by atoms with Crippen LogP contribution in [0.2, 0.25) is 0 Å². The number of amides is 1. The standard InChI is InChI=1S/C16H22N2O6/c1-6-17(15(20)24-16(3,4)5)12-9-8-11(14(19)23-7-2)10-13(12)18(21)22/h8-10H,6-7H2,1-5H3. The number of carbonyl (C=O) groups excluding carboxylic acids is 2. The van der Waals surface area contributed by atoms with Gasteiger partial charge in [-0.05, 0) is 46.8 Å². The first-order valence-corrected chi connectivity index (χ1v) is 7.56. The Labute approximate surface area is 140 Å². The zero-order valence-electron chi connectivity index (χ0n) is 14.5. The third-order valence-electron chi connectivity index (χ3n) is 2.90. The summed E-state index contributed by atoms with van der Waals surface area (Å²) in [7, 11) is 0. The summed E-state index contributed by atoms with van der Waals surface area (Å²) in [6.45, 7) is 8.77. The van der Waals surface area contributed by atoms with E-state index in [4.69, 9.17) is 9.47 Å². The van der Waals surface area contributed by atoms with E-state index in [1.54, 1.807) is 34.6 Å². The number of benzene rings is 1. The molecule has 0 aliphatic carbocycles. The highest BCUT2D eigenvalue weighted by Gasteiger charge is 2.28. The van der Waals surface area contributed by atoms with E-state index in [0.717, 1.165) is 11.0 Å². The lowest BCUT2D eigenvalue weighted by molar-refractivity contribution is -0.384. The second-order valence-electron chi connectivity index (χ2n) is 5.91. The monoisotopic (exact) mass is 338 g/mol. The molecule has 0 saturated carbocycles. The minimum absolute atomic E-state index is 0.0486. The van der Waals surface area contributed by atoms with Gasteiger partial charge in [0, 0.05) is 12.6 Å². The first kappa shape index (κ1) is 19.4. The van der Waals surface area contributed by atoms with Crippen LogP contribution in [0.1, 0.15) is 45.0 Å². The van der Waals surface area contributed by atoms with Crippen molar-refractivity contribution < 1.29 is 24.0 Å². The molecule has 0 saturated heterocycles. The van der Waals surface area contributed by atoms with Gasteiger partial charge in [0.15, 0.2) is 0 Å². The van der Waals surface area contributed by atoms with E-state index in [-0.39, 0.29) is 30.1 Å². The van der Waals surface area contributed by atoms with Gasteiger partial charge in [-0.2, -0.15) is 0 Å². The van der Waals surface area contributed by atoms with E-state index in [2.05, 4.69) is 0 Å². The van der Waals surface area contributed by atoms with Crippen LogP contribution in [-0.2, 0) is 9.47 Å². The summed E-state index contributed by atoms with van der Waals surface area (Å²) in [6, 6.07) is 3.82. The molecule has 24 heavy (non-hydrogen) atoms. The summed E-state index contributed by atoms with van der Waals surface area (Å²) < 4.78 is 10.1. The molecule has 0 heterocycles. The highest BCUT2D eigenvalue weighted by atomic mass is 16.6. The average molecular weight is 338 g/mol. The van der Waals surface area contributed by atoms with Gasteiger partial charge >= 0.3 is 12.1 Å². The molecule has 0 atom stereocenters. The molecule has 8 heteroatoms. The van der Waals surface area contributed by atoms with E-state index in [1.807, 2.05) is 0 Å². The fourth-order valence-electron chi connectivity index (χ4n) is 1.95. The number of nitro groups is 1. The van der Waals surface area contributed by atoms with Crippen molar-refractivity contribution >= 4 is 23.4 Å². The maximum Gasteiger partial charge on any atom is 0.415 e. The zero-order chi connectivity index (χ0) is 18.5. The highest BCUT2D eigenvalue weighted by molar-refractivity contribution is 5.95. The van der Waals surface area contributed by atoms with Gasteiger partial charge in [0.1, 0.15) is 11.3 Å². The first-order chi connectivity index (χ1) is 11.1. The summed E-state index contributed by atoms with van der Waals surface area (Å²) in [5, 5.41) is 11.4. The van der Waals surface area contributed by atoms with Crippen LogP contribution in [0.4, 0.5) is 16.2 Å². The van der Waals surface area contributed by atoms with Crippen LogP contribution in [-0.4, -0.2) is 35.7 Å². The molecule has 0 aromatic heterocycles. The van der Waals surface area contributed by atoms with Crippen molar-refractivity contribution in [3.8, 4) is 0 Å². The number of ether oxygens (including phenoxy) is 2. The number of nitro benzene ring substituents is 1. The van der Waals surface area contributed by atoms with Crippen molar-refractivity contribution in [3.63, 3.8) is 0 Å². The Morgan fingerprint density at radius 3 is 2.33 bits per heavy atom. The van der Waals surface area contributed by atoms with Gasteiger partial charge in [-0.15, -0.1) is 0 Å². The van der Waals surface area contributed by atoms with Crippen molar-refractivity contribution in [3.05, 3.63) is 33.9 Å². The Morgan fingerprint density at radius 2 is 1.88 bits per heavy atom. The van der Waals surface area contributed by atoms with E-state index >= 15 is 0 Å². The minimum atomic E-state index is -0.732. The molecule has 0 spiro atoms. The molecule has 1 rings (SSSR count). The largest absolute Gasteiger partial charge is 0.462 e. The van der Waals surface area contributed by atoms with Gasteiger partial charge in [-0.3, -0.25) is 15.0 Å². The maximum absolute atomic E-state index is 12.3. The lowest BCUT2D eigenvalue weighted by Crippen LogP contribution is -2.37. The predicted molar refractivity (Wildman–Crippen MR) is 88.3 cm³/mol. The van der Waals surface area contributed by atoms with E-state index < -0.39 is 22.6 Å². The van der Waals surface area contributed by atoms with Crippen molar-refractivity contribution in [1.82, 2.24) is 0 Å². The predicted octanol–water partition coefficient (Wildman–Crippen LogP) is 3.53. The smallest absolute Gasteiger partial charge is 0.415 e. The van der Waals surface area contributed by atoms with E-state index in [9.17, 15) is 19.7 Å². The quantitative estimate of drug-likeness (QED) is 0.462. The summed E-state index contributed by atoms with van der Waals surface area (Å²) in [5.41, 5.74) is -0.991. The molecule has 0 fully saturated rings. The Bertz CT molecular complexity index is 636. The Hall–Kier alpha value is -2.64. The van der Waals surface area contributed by atoms with Crippen LogP contribution in [0.3, 0.4) is 0 Å². The summed E-state index contributed by atoms with van der Waals surface area (Å²) in [4.78, 5) is 35.9. The summed E-state index contributed by atoms with van der Waals surface area (Å²) >= 11 is 0. The second-order valence-corrected chi connectivity index (χ2v) is 5.91. The van der Waals surface area contributed by atoms with Crippen LogP contribution in [0, 0.1) is 10.1 Å². The zero-order valence-corrected chi connectivity index (χ0v) is 14.5. The van der Waals surface area contributed by atoms with Crippen LogP contribution in [0.15, 0.2) is 18.2 Å². The van der Waals surface area contributed by atoms with Crippen molar-refractivity contribution in [2.24, 2.45) is 0 Å². The maximum atomic E-state index is 12.3. The van der Waals surface area contributed by atoms with Crippen molar-refractivity contribution in [2.75, 3.05) is 18.1 Å². The molecule has 0 aliphatic rings. The fourth-order valence-corrected chi connectivity index (χ4v) is 1.95. The molecule has 8 nitrogen and oxygen atoms in total. The molecular formula is C16H22N2O6. The number of anilines is 1. The van der Waals surface area contributed by atoms with Gasteiger partial charge in [-0.25, -0.2) is 9.59 Å². The molecule has 1 aromatic rings. The third kappa shape index (κ3) is 4.94.